The average molecular weight is 333 g/mol. The molecule has 0 N–H and O–H groups in total. The number of pyridine rings is 1. The Bertz CT molecular complexity index is 1050. The molecule has 2 aromatic heterocycles. The highest BCUT2D eigenvalue weighted by Crippen LogP contribution is 2.38. The maximum atomic E-state index is 14.2. The monoisotopic (exact) mass is 333 g/mol. The van der Waals surface area contributed by atoms with E-state index in [2.05, 4.69) is 9.79 Å². The van der Waals surface area contributed by atoms with E-state index in [9.17, 15) is 19.2 Å². The molecule has 1 aliphatic carbocycles. The molecule has 1 fully saturated rings. The second kappa shape index (κ2) is 5.02. The van der Waals surface area contributed by atoms with E-state index in [4.69, 9.17) is 4.74 Å². The van der Waals surface area contributed by atoms with E-state index in [1.165, 1.54) is 6.20 Å². The highest BCUT2D eigenvalue weighted by molar-refractivity contribution is 6.03. The van der Waals surface area contributed by atoms with Crippen LogP contribution in [0.2, 0.25) is 0 Å². The van der Waals surface area contributed by atoms with Gasteiger partial charge in [-0.2, -0.15) is 0 Å². The van der Waals surface area contributed by atoms with Crippen molar-refractivity contribution >= 4 is 27.9 Å². The second-order valence-electron chi connectivity index (χ2n) is 5.61. The molecule has 124 valence electrons. The smallest absolute Gasteiger partial charge is 0.343 e. The van der Waals surface area contributed by atoms with Crippen LogP contribution in [-0.2, 0) is 4.74 Å². The van der Waals surface area contributed by atoms with Gasteiger partial charge in [0, 0.05) is 17.4 Å². The van der Waals surface area contributed by atoms with Gasteiger partial charge < -0.3 is 14.5 Å². The molecule has 0 bridgehead atoms. The number of halogens is 1. The number of nitrogens with zero attached hydrogens (tertiary/aromatic N) is 3. The molecule has 9 heteroatoms. The molecule has 0 saturated heterocycles. The third-order valence-electron chi connectivity index (χ3n) is 4.04. The first kappa shape index (κ1) is 14.6. The summed E-state index contributed by atoms with van der Waals surface area (Å²) < 4.78 is 25.3. The maximum absolute atomic E-state index is 14.2. The predicted molar refractivity (Wildman–Crippen MR) is 78.9 cm³/mol. The van der Waals surface area contributed by atoms with E-state index in [0.29, 0.717) is 0 Å². The first-order valence-corrected chi connectivity index (χ1v) is 7.46. The summed E-state index contributed by atoms with van der Waals surface area (Å²) in [5, 5.41) is 15.1. The number of carbonyl (C=O) groups is 1. The zero-order valence-electron chi connectivity index (χ0n) is 12.6. The van der Waals surface area contributed by atoms with Crippen molar-refractivity contribution in [1.29, 1.82) is 0 Å². The highest BCUT2D eigenvalue weighted by atomic mass is 19.1. The van der Waals surface area contributed by atoms with E-state index < -0.39 is 17.2 Å². The molecule has 1 aromatic carbocycles. The first-order chi connectivity index (χ1) is 11.5. The molecule has 8 nitrogen and oxygen atoms in total. The van der Waals surface area contributed by atoms with Gasteiger partial charge in [-0.1, -0.05) is 0 Å². The Hall–Kier alpha value is -2.97. The number of rotatable bonds is 3. The second-order valence-corrected chi connectivity index (χ2v) is 5.61. The quantitative estimate of drug-likeness (QED) is 0.531. The maximum Gasteiger partial charge on any atom is 0.343 e. The largest absolute Gasteiger partial charge is 0.462 e. The van der Waals surface area contributed by atoms with Crippen LogP contribution in [0.5, 0.6) is 0 Å². The van der Waals surface area contributed by atoms with Crippen LogP contribution in [0.4, 0.5) is 4.39 Å². The summed E-state index contributed by atoms with van der Waals surface area (Å²) in [5.74, 6) is -1.70. The molecule has 0 amide bonds. The normalized spacial score (nSPS) is 14.4. The molecular weight excluding hydrogens is 321 g/mol. The third kappa shape index (κ3) is 1.97. The van der Waals surface area contributed by atoms with Gasteiger partial charge in [-0.3, -0.25) is 9.42 Å². The van der Waals surface area contributed by atoms with E-state index >= 15 is 0 Å². The molecule has 2 heterocycles. The summed E-state index contributed by atoms with van der Waals surface area (Å²) in [4.78, 5) is 24.6. The van der Waals surface area contributed by atoms with Gasteiger partial charge in [0.15, 0.2) is 5.82 Å². The standard InChI is InChI=1S/C15H12FN3O5/c1-2-23-15(21)9-6-18(7-3-4-7)12-8(14(9)20)5-10(16)13-11(12)17-24-19(13)22/h5-7H,2-4H2,1H3. The van der Waals surface area contributed by atoms with Crippen LogP contribution < -0.4 is 10.3 Å². The molecule has 1 aliphatic rings. The SMILES string of the molecule is CCOC(=O)c1cn(C2CC2)c2c(cc(F)c3c2no[n+]3[O-])c1=O. The van der Waals surface area contributed by atoms with E-state index in [1.807, 2.05) is 0 Å². The number of carbonyl (C=O) groups excluding carboxylic acids is 1. The van der Waals surface area contributed by atoms with Gasteiger partial charge in [-0.15, -0.1) is 0 Å². The Morgan fingerprint density at radius 3 is 3.00 bits per heavy atom. The fourth-order valence-corrected chi connectivity index (χ4v) is 2.83. The van der Waals surface area contributed by atoms with Crippen molar-refractivity contribution < 1.29 is 23.5 Å². The first-order valence-electron chi connectivity index (χ1n) is 7.46. The lowest BCUT2D eigenvalue weighted by atomic mass is 10.1. The fourth-order valence-electron chi connectivity index (χ4n) is 2.83. The zero-order chi connectivity index (χ0) is 17.0. The van der Waals surface area contributed by atoms with Gasteiger partial charge in [-0.25, -0.2) is 9.18 Å². The van der Waals surface area contributed by atoms with Crippen molar-refractivity contribution in [3.8, 4) is 0 Å². The van der Waals surface area contributed by atoms with Crippen molar-refractivity contribution in [2.24, 2.45) is 0 Å². The van der Waals surface area contributed by atoms with Crippen LogP contribution in [-0.4, -0.2) is 22.3 Å². The Morgan fingerprint density at radius 1 is 1.58 bits per heavy atom. The van der Waals surface area contributed by atoms with Crippen molar-refractivity contribution in [2.75, 3.05) is 6.61 Å². The highest BCUT2D eigenvalue weighted by Gasteiger charge is 2.31. The summed E-state index contributed by atoms with van der Waals surface area (Å²) in [7, 11) is 0. The molecular formula is C15H12FN3O5. The van der Waals surface area contributed by atoms with Crippen LogP contribution in [0, 0.1) is 11.0 Å². The predicted octanol–water partition coefficient (Wildman–Crippen LogP) is 1.43. The van der Waals surface area contributed by atoms with Crippen molar-refractivity contribution in [3.05, 3.63) is 39.1 Å². The molecule has 24 heavy (non-hydrogen) atoms. The lowest BCUT2D eigenvalue weighted by Gasteiger charge is -2.11. The van der Waals surface area contributed by atoms with Crippen LogP contribution in [0.15, 0.2) is 21.7 Å². The van der Waals surface area contributed by atoms with Gasteiger partial charge in [0.25, 0.3) is 11.0 Å². The van der Waals surface area contributed by atoms with Crippen LogP contribution in [0.25, 0.3) is 21.9 Å². The van der Waals surface area contributed by atoms with E-state index in [0.717, 1.165) is 18.9 Å². The lowest BCUT2D eigenvalue weighted by Crippen LogP contribution is -2.25. The number of aromatic nitrogens is 3. The minimum absolute atomic E-state index is 0.0358. The van der Waals surface area contributed by atoms with Gasteiger partial charge in [0.05, 0.1) is 12.0 Å². The topological polar surface area (TPSA) is 101 Å². The number of hydrogen-bond acceptors (Lipinski definition) is 6. The third-order valence-corrected chi connectivity index (χ3v) is 4.04. The molecule has 0 aliphatic heterocycles. The Kier molecular flexibility index (Phi) is 3.05. The summed E-state index contributed by atoms with van der Waals surface area (Å²) in [6, 6.07) is 0.986. The molecule has 0 atom stereocenters. The number of benzene rings is 1. The minimum atomic E-state index is -0.936. The average Bonchev–Trinajstić information content (AvgIpc) is 3.31. The van der Waals surface area contributed by atoms with Crippen molar-refractivity contribution in [3.63, 3.8) is 0 Å². The summed E-state index contributed by atoms with van der Waals surface area (Å²) in [5.41, 5.74) is -0.972. The van der Waals surface area contributed by atoms with Crippen molar-refractivity contribution in [2.45, 2.75) is 25.8 Å². The Labute approximate surface area is 133 Å². The molecule has 4 rings (SSSR count). The molecule has 1 saturated carbocycles. The number of fused-ring (bicyclic) bond motifs is 3. The molecule has 0 unspecified atom stereocenters. The zero-order valence-corrected chi connectivity index (χ0v) is 12.6. The van der Waals surface area contributed by atoms with Crippen LogP contribution >= 0.6 is 0 Å². The van der Waals surface area contributed by atoms with E-state index in [-0.39, 0.29) is 45.1 Å². The van der Waals surface area contributed by atoms with Crippen LogP contribution in [0.1, 0.15) is 36.2 Å². The summed E-state index contributed by atoms with van der Waals surface area (Å²) >= 11 is 0. The van der Waals surface area contributed by atoms with Gasteiger partial charge >= 0.3 is 5.97 Å². The molecule has 0 spiro atoms. The molecule has 0 radical (unpaired) electrons. The molecule has 3 aromatic rings. The number of hydrogen-bond donors (Lipinski definition) is 0. The number of esters is 1. The number of ether oxygens (including phenoxy) is 1. The summed E-state index contributed by atoms with van der Waals surface area (Å²) in [6.07, 6.45) is 3.07. The van der Waals surface area contributed by atoms with Gasteiger partial charge in [-0.05, 0) is 30.7 Å². The Morgan fingerprint density at radius 2 is 2.33 bits per heavy atom. The summed E-state index contributed by atoms with van der Waals surface area (Å²) in [6.45, 7) is 1.75. The van der Waals surface area contributed by atoms with Crippen molar-refractivity contribution in [1.82, 2.24) is 9.72 Å². The fraction of sp³-hybridized carbons (Fsp3) is 0.333. The van der Waals surface area contributed by atoms with Gasteiger partial charge in [0.1, 0.15) is 11.1 Å². The minimum Gasteiger partial charge on any atom is -0.462 e. The van der Waals surface area contributed by atoms with E-state index in [1.54, 1.807) is 11.5 Å². The van der Waals surface area contributed by atoms with Crippen LogP contribution in [0.3, 0.4) is 0 Å². The van der Waals surface area contributed by atoms with Gasteiger partial charge in [0.2, 0.25) is 5.43 Å². The Balaban J connectivity index is 2.15. The lowest BCUT2D eigenvalue weighted by molar-refractivity contribution is -0.782.